The monoisotopic (exact) mass is 566 g/mol. The van der Waals surface area contributed by atoms with E-state index in [1.165, 1.54) is 5.56 Å². The van der Waals surface area contributed by atoms with Gasteiger partial charge in [-0.3, -0.25) is 9.79 Å². The van der Waals surface area contributed by atoms with Crippen LogP contribution in [0.4, 0.5) is 5.69 Å². The molecule has 7 nitrogen and oxygen atoms in total. The first-order chi connectivity index (χ1) is 15.7. The van der Waals surface area contributed by atoms with Gasteiger partial charge in [0.15, 0.2) is 5.96 Å². The molecule has 0 aromatic heterocycles. The average molecular weight is 566 g/mol. The topological polar surface area (TPSA) is 75.2 Å². The van der Waals surface area contributed by atoms with Crippen LogP contribution in [0, 0.1) is 0 Å². The minimum atomic E-state index is 0. The summed E-state index contributed by atoms with van der Waals surface area (Å²) in [6.07, 6.45) is 1.59. The predicted molar refractivity (Wildman–Crippen MR) is 143 cm³/mol. The van der Waals surface area contributed by atoms with Crippen molar-refractivity contribution in [1.82, 2.24) is 10.6 Å². The Labute approximate surface area is 214 Å². The maximum absolute atomic E-state index is 11.9. The second kappa shape index (κ2) is 14.9. The number of carbonyl (C=O) groups is 1. The van der Waals surface area contributed by atoms with Crippen molar-refractivity contribution < 1.29 is 14.3 Å². The van der Waals surface area contributed by atoms with Crippen LogP contribution in [0.5, 0.6) is 0 Å². The summed E-state index contributed by atoms with van der Waals surface area (Å²) < 4.78 is 10.9. The molecular formula is C25H35IN4O3. The quantitative estimate of drug-likeness (QED) is 0.187. The molecular weight excluding hydrogens is 531 g/mol. The summed E-state index contributed by atoms with van der Waals surface area (Å²) in [6, 6.07) is 16.5. The summed E-state index contributed by atoms with van der Waals surface area (Å²) in [5.41, 5.74) is 4.41. The maximum atomic E-state index is 11.9. The van der Waals surface area contributed by atoms with Gasteiger partial charge >= 0.3 is 0 Å². The zero-order chi connectivity index (χ0) is 22.6. The molecule has 2 aromatic rings. The zero-order valence-corrected chi connectivity index (χ0v) is 21.8. The smallest absolute Gasteiger partial charge is 0.227 e. The fourth-order valence-electron chi connectivity index (χ4n) is 3.59. The van der Waals surface area contributed by atoms with Crippen molar-refractivity contribution in [2.45, 2.75) is 39.5 Å². The molecule has 1 aliphatic heterocycles. The number of halogens is 1. The molecule has 0 spiro atoms. The van der Waals surface area contributed by atoms with Crippen LogP contribution in [-0.4, -0.2) is 45.3 Å². The standard InChI is InChI=1S/C25H34N4O3.HI/c1-3-31-14-15-32-19-22-7-4-6-21(16-22)18-28-25(26-2)27-17-20-9-11-23(12-10-20)29-13-5-8-24(29)30;/h4,6-7,9-12,16H,3,5,8,13-15,17-19H2,1-2H3,(H2,26,27,28);1H. The van der Waals surface area contributed by atoms with E-state index in [0.717, 1.165) is 35.7 Å². The summed E-state index contributed by atoms with van der Waals surface area (Å²) in [5.74, 6) is 0.948. The molecule has 0 radical (unpaired) electrons. The Hall–Kier alpha value is -2.17. The Morgan fingerprint density at radius 1 is 1.00 bits per heavy atom. The fourth-order valence-corrected chi connectivity index (χ4v) is 3.59. The first-order valence-electron chi connectivity index (χ1n) is 11.3. The third-order valence-electron chi connectivity index (χ3n) is 5.30. The van der Waals surface area contributed by atoms with Gasteiger partial charge in [-0.25, -0.2) is 0 Å². The Balaban J connectivity index is 0.00000385. The molecule has 180 valence electrons. The molecule has 1 aliphatic rings. The fraction of sp³-hybridized carbons (Fsp3) is 0.440. The van der Waals surface area contributed by atoms with Gasteiger partial charge in [0.25, 0.3) is 0 Å². The van der Waals surface area contributed by atoms with E-state index in [1.807, 2.05) is 30.0 Å². The number of aliphatic imine (C=N–C) groups is 1. The van der Waals surface area contributed by atoms with E-state index in [0.29, 0.717) is 45.9 Å². The van der Waals surface area contributed by atoms with Gasteiger partial charge in [-0.2, -0.15) is 0 Å². The van der Waals surface area contributed by atoms with Crippen molar-refractivity contribution in [2.75, 3.05) is 38.3 Å². The van der Waals surface area contributed by atoms with Crippen molar-refractivity contribution in [2.24, 2.45) is 4.99 Å². The van der Waals surface area contributed by atoms with Gasteiger partial charge in [-0.15, -0.1) is 24.0 Å². The van der Waals surface area contributed by atoms with Gasteiger partial charge in [0.05, 0.1) is 19.8 Å². The minimum absolute atomic E-state index is 0. The number of anilines is 1. The van der Waals surface area contributed by atoms with Crippen molar-refractivity contribution in [1.29, 1.82) is 0 Å². The highest BCUT2D eigenvalue weighted by Gasteiger charge is 2.21. The highest BCUT2D eigenvalue weighted by Crippen LogP contribution is 2.21. The van der Waals surface area contributed by atoms with Crippen LogP contribution in [-0.2, 0) is 34.0 Å². The Kier molecular flexibility index (Phi) is 12.2. The molecule has 3 rings (SSSR count). The lowest BCUT2D eigenvalue weighted by Gasteiger charge is -2.16. The Morgan fingerprint density at radius 3 is 2.36 bits per heavy atom. The summed E-state index contributed by atoms with van der Waals surface area (Å²) in [5, 5.41) is 6.70. The van der Waals surface area contributed by atoms with Gasteiger partial charge in [-0.1, -0.05) is 36.4 Å². The number of hydrogen-bond donors (Lipinski definition) is 2. The molecule has 1 saturated heterocycles. The summed E-state index contributed by atoms with van der Waals surface area (Å²) in [7, 11) is 1.76. The van der Waals surface area contributed by atoms with Gasteiger partial charge in [-0.05, 0) is 42.2 Å². The number of ether oxygens (including phenoxy) is 2. The molecule has 2 aromatic carbocycles. The number of nitrogens with zero attached hydrogens (tertiary/aromatic N) is 2. The summed E-state index contributed by atoms with van der Waals surface area (Å²) in [4.78, 5) is 18.1. The number of guanidine groups is 1. The molecule has 0 saturated carbocycles. The molecule has 0 aliphatic carbocycles. The third-order valence-corrected chi connectivity index (χ3v) is 5.30. The summed E-state index contributed by atoms with van der Waals surface area (Å²) >= 11 is 0. The van der Waals surface area contributed by atoms with E-state index in [2.05, 4.69) is 46.0 Å². The van der Waals surface area contributed by atoms with Crippen molar-refractivity contribution in [3.63, 3.8) is 0 Å². The molecule has 0 bridgehead atoms. The Morgan fingerprint density at radius 2 is 1.70 bits per heavy atom. The molecule has 8 heteroatoms. The predicted octanol–water partition coefficient (Wildman–Crippen LogP) is 3.85. The first kappa shape index (κ1) is 27.1. The molecule has 0 atom stereocenters. The van der Waals surface area contributed by atoms with Crippen molar-refractivity contribution in [3.8, 4) is 0 Å². The van der Waals surface area contributed by atoms with E-state index in [4.69, 9.17) is 9.47 Å². The summed E-state index contributed by atoms with van der Waals surface area (Å²) in [6.45, 7) is 6.63. The molecule has 1 fully saturated rings. The third kappa shape index (κ3) is 8.94. The van der Waals surface area contributed by atoms with Crippen LogP contribution in [0.2, 0.25) is 0 Å². The van der Waals surface area contributed by atoms with Gasteiger partial charge in [0, 0.05) is 45.4 Å². The largest absolute Gasteiger partial charge is 0.379 e. The Bertz CT molecular complexity index is 889. The van der Waals surface area contributed by atoms with Crippen molar-refractivity contribution >= 4 is 41.5 Å². The van der Waals surface area contributed by atoms with Crippen molar-refractivity contribution in [3.05, 3.63) is 65.2 Å². The normalized spacial score (nSPS) is 13.7. The SMILES string of the molecule is CCOCCOCc1cccc(CNC(=NC)NCc2ccc(N3CCCC3=O)cc2)c1.I. The van der Waals surface area contributed by atoms with E-state index >= 15 is 0 Å². The molecule has 33 heavy (non-hydrogen) atoms. The van der Waals surface area contributed by atoms with Crippen LogP contribution >= 0.6 is 24.0 Å². The minimum Gasteiger partial charge on any atom is -0.379 e. The number of carbonyl (C=O) groups excluding carboxylic acids is 1. The average Bonchev–Trinajstić information content (AvgIpc) is 3.25. The van der Waals surface area contributed by atoms with Gasteiger partial charge in [0.1, 0.15) is 0 Å². The lowest BCUT2D eigenvalue weighted by Crippen LogP contribution is -2.36. The number of rotatable bonds is 11. The van der Waals surface area contributed by atoms with E-state index in [9.17, 15) is 4.79 Å². The molecule has 1 heterocycles. The second-order valence-electron chi connectivity index (χ2n) is 7.66. The zero-order valence-electron chi connectivity index (χ0n) is 19.5. The van der Waals surface area contributed by atoms with Crippen LogP contribution in [0.15, 0.2) is 53.5 Å². The molecule has 0 unspecified atom stereocenters. The number of nitrogens with one attached hydrogen (secondary N) is 2. The molecule has 2 N–H and O–H groups in total. The molecule has 1 amide bonds. The highest BCUT2D eigenvalue weighted by atomic mass is 127. The highest BCUT2D eigenvalue weighted by molar-refractivity contribution is 14.0. The van der Waals surface area contributed by atoms with Crippen LogP contribution < -0.4 is 15.5 Å². The van der Waals surface area contributed by atoms with Crippen LogP contribution in [0.25, 0.3) is 0 Å². The van der Waals surface area contributed by atoms with E-state index < -0.39 is 0 Å². The number of benzene rings is 2. The lowest BCUT2D eigenvalue weighted by atomic mass is 10.1. The lowest BCUT2D eigenvalue weighted by molar-refractivity contribution is -0.117. The van der Waals surface area contributed by atoms with E-state index in [1.54, 1.807) is 7.05 Å². The number of hydrogen-bond acceptors (Lipinski definition) is 4. The first-order valence-corrected chi connectivity index (χ1v) is 11.3. The van der Waals surface area contributed by atoms with Crippen LogP contribution in [0.3, 0.4) is 0 Å². The van der Waals surface area contributed by atoms with Gasteiger partial charge < -0.3 is 25.0 Å². The second-order valence-corrected chi connectivity index (χ2v) is 7.66. The number of amides is 1. The van der Waals surface area contributed by atoms with Crippen LogP contribution in [0.1, 0.15) is 36.5 Å². The maximum Gasteiger partial charge on any atom is 0.227 e. The van der Waals surface area contributed by atoms with Gasteiger partial charge in [0.2, 0.25) is 5.91 Å². The van der Waals surface area contributed by atoms with E-state index in [-0.39, 0.29) is 29.9 Å².